The summed E-state index contributed by atoms with van der Waals surface area (Å²) in [4.78, 5) is 14.2. The summed E-state index contributed by atoms with van der Waals surface area (Å²) in [5, 5.41) is 5.84. The average Bonchev–Trinajstić information content (AvgIpc) is 2.73. The first-order valence-corrected chi connectivity index (χ1v) is 7.36. The Hall–Kier alpha value is -1.95. The van der Waals surface area contributed by atoms with Crippen LogP contribution in [0.15, 0.2) is 18.2 Å². The number of nitrogens with one attached hydrogen (secondary N) is 2. The molecule has 6 nitrogen and oxygen atoms in total. The SMILES string of the molecule is CN1CC[C@@H](NC(=O)Nc2ccc3c(c2)OCCCO3)C1. The number of rotatable bonds is 2. The Bertz CT molecular complexity index is 521. The molecule has 2 aliphatic heterocycles. The van der Waals surface area contributed by atoms with E-state index in [1.165, 1.54) is 0 Å². The van der Waals surface area contributed by atoms with Crippen molar-refractivity contribution in [3.8, 4) is 11.5 Å². The minimum absolute atomic E-state index is 0.176. The maximum absolute atomic E-state index is 12.0. The van der Waals surface area contributed by atoms with Gasteiger partial charge in [0.25, 0.3) is 0 Å². The lowest BCUT2D eigenvalue weighted by Crippen LogP contribution is -2.39. The van der Waals surface area contributed by atoms with E-state index in [1.54, 1.807) is 6.07 Å². The minimum Gasteiger partial charge on any atom is -0.490 e. The van der Waals surface area contributed by atoms with Crippen LogP contribution in [0.5, 0.6) is 11.5 Å². The first-order chi connectivity index (χ1) is 10.2. The van der Waals surface area contributed by atoms with Gasteiger partial charge in [-0.05, 0) is 32.1 Å². The Morgan fingerprint density at radius 1 is 1.29 bits per heavy atom. The molecule has 1 saturated heterocycles. The molecule has 0 saturated carbocycles. The van der Waals surface area contributed by atoms with Gasteiger partial charge in [-0.1, -0.05) is 0 Å². The lowest BCUT2D eigenvalue weighted by atomic mass is 10.2. The van der Waals surface area contributed by atoms with Crippen molar-refractivity contribution in [2.45, 2.75) is 18.9 Å². The third-order valence-corrected chi connectivity index (χ3v) is 3.73. The molecule has 0 spiro atoms. The fraction of sp³-hybridized carbons (Fsp3) is 0.533. The van der Waals surface area contributed by atoms with Crippen LogP contribution in [0.1, 0.15) is 12.8 Å². The Morgan fingerprint density at radius 3 is 2.86 bits per heavy atom. The molecule has 0 aromatic heterocycles. The van der Waals surface area contributed by atoms with E-state index in [0.717, 1.165) is 31.7 Å². The predicted molar refractivity (Wildman–Crippen MR) is 80.1 cm³/mol. The number of likely N-dealkylation sites (N-methyl/N-ethyl adjacent to an activating group) is 1. The number of carbonyl (C=O) groups is 1. The average molecular weight is 291 g/mol. The van der Waals surface area contributed by atoms with Crippen molar-refractivity contribution in [1.29, 1.82) is 0 Å². The van der Waals surface area contributed by atoms with E-state index in [-0.39, 0.29) is 12.1 Å². The monoisotopic (exact) mass is 291 g/mol. The molecule has 3 rings (SSSR count). The number of nitrogens with zero attached hydrogens (tertiary/aromatic N) is 1. The van der Waals surface area contributed by atoms with Crippen LogP contribution in [0.25, 0.3) is 0 Å². The molecule has 2 aliphatic rings. The fourth-order valence-corrected chi connectivity index (χ4v) is 2.65. The summed E-state index contributed by atoms with van der Waals surface area (Å²) < 4.78 is 11.2. The van der Waals surface area contributed by atoms with Crippen molar-refractivity contribution < 1.29 is 14.3 Å². The Morgan fingerprint density at radius 2 is 2.10 bits per heavy atom. The number of anilines is 1. The molecule has 0 bridgehead atoms. The van der Waals surface area contributed by atoms with E-state index in [4.69, 9.17) is 9.47 Å². The van der Waals surface area contributed by atoms with Crippen LogP contribution < -0.4 is 20.1 Å². The number of hydrogen-bond donors (Lipinski definition) is 2. The number of likely N-dealkylation sites (tertiary alicyclic amines) is 1. The van der Waals surface area contributed by atoms with E-state index >= 15 is 0 Å². The van der Waals surface area contributed by atoms with Gasteiger partial charge in [-0.15, -0.1) is 0 Å². The molecule has 114 valence electrons. The molecule has 2 heterocycles. The van der Waals surface area contributed by atoms with Crippen LogP contribution in [0.2, 0.25) is 0 Å². The van der Waals surface area contributed by atoms with Crippen LogP contribution in [0.3, 0.4) is 0 Å². The number of ether oxygens (including phenoxy) is 2. The van der Waals surface area contributed by atoms with E-state index < -0.39 is 0 Å². The normalized spacial score (nSPS) is 21.7. The van der Waals surface area contributed by atoms with Gasteiger partial charge < -0.3 is 25.0 Å². The number of carbonyl (C=O) groups excluding carboxylic acids is 1. The second-order valence-electron chi connectivity index (χ2n) is 5.56. The smallest absolute Gasteiger partial charge is 0.319 e. The van der Waals surface area contributed by atoms with Crippen LogP contribution in [-0.4, -0.2) is 50.3 Å². The maximum atomic E-state index is 12.0. The van der Waals surface area contributed by atoms with Crippen LogP contribution >= 0.6 is 0 Å². The molecule has 1 atom stereocenters. The molecule has 0 unspecified atom stereocenters. The largest absolute Gasteiger partial charge is 0.490 e. The zero-order valence-electron chi connectivity index (χ0n) is 12.2. The lowest BCUT2D eigenvalue weighted by molar-refractivity contribution is 0.248. The highest BCUT2D eigenvalue weighted by atomic mass is 16.5. The summed E-state index contributed by atoms with van der Waals surface area (Å²) in [6.07, 6.45) is 1.86. The first-order valence-electron chi connectivity index (χ1n) is 7.36. The van der Waals surface area contributed by atoms with Crippen LogP contribution in [0, 0.1) is 0 Å². The first kappa shape index (κ1) is 14.0. The second-order valence-corrected chi connectivity index (χ2v) is 5.56. The zero-order valence-corrected chi connectivity index (χ0v) is 12.2. The van der Waals surface area contributed by atoms with Crippen molar-refractivity contribution >= 4 is 11.7 Å². The van der Waals surface area contributed by atoms with Gasteiger partial charge in [-0.25, -0.2) is 4.79 Å². The molecular weight excluding hydrogens is 270 g/mol. The predicted octanol–water partition coefficient (Wildman–Crippen LogP) is 1.67. The van der Waals surface area contributed by atoms with E-state index in [9.17, 15) is 4.79 Å². The number of urea groups is 1. The summed E-state index contributed by atoms with van der Waals surface area (Å²) in [5.41, 5.74) is 0.711. The van der Waals surface area contributed by atoms with E-state index in [1.807, 2.05) is 12.1 Å². The molecular formula is C15H21N3O3. The van der Waals surface area contributed by atoms with Gasteiger partial charge in [0.1, 0.15) is 0 Å². The molecule has 2 amide bonds. The molecule has 1 aromatic carbocycles. The van der Waals surface area contributed by atoms with E-state index in [0.29, 0.717) is 24.7 Å². The molecule has 1 fully saturated rings. The summed E-state index contributed by atoms with van der Waals surface area (Å²) in [6.45, 7) is 3.22. The number of amides is 2. The number of hydrogen-bond acceptors (Lipinski definition) is 4. The third kappa shape index (κ3) is 3.58. The van der Waals surface area contributed by atoms with Crippen molar-refractivity contribution in [2.75, 3.05) is 38.7 Å². The molecule has 1 aromatic rings. The zero-order chi connectivity index (χ0) is 14.7. The Balaban J connectivity index is 1.59. The topological polar surface area (TPSA) is 62.8 Å². The van der Waals surface area contributed by atoms with Crippen molar-refractivity contribution in [1.82, 2.24) is 10.2 Å². The molecule has 2 N–H and O–H groups in total. The maximum Gasteiger partial charge on any atom is 0.319 e. The fourth-order valence-electron chi connectivity index (χ4n) is 2.65. The highest BCUT2D eigenvalue weighted by Gasteiger charge is 2.21. The van der Waals surface area contributed by atoms with Crippen molar-refractivity contribution in [3.63, 3.8) is 0 Å². The summed E-state index contributed by atoms with van der Waals surface area (Å²) >= 11 is 0. The lowest BCUT2D eigenvalue weighted by Gasteiger charge is -2.14. The highest BCUT2D eigenvalue weighted by molar-refractivity contribution is 5.89. The van der Waals surface area contributed by atoms with Gasteiger partial charge in [0.2, 0.25) is 0 Å². The van der Waals surface area contributed by atoms with Gasteiger partial charge >= 0.3 is 6.03 Å². The number of benzene rings is 1. The second kappa shape index (κ2) is 6.22. The van der Waals surface area contributed by atoms with Crippen LogP contribution in [-0.2, 0) is 0 Å². The molecule has 0 radical (unpaired) electrons. The minimum atomic E-state index is -0.176. The number of fused-ring (bicyclic) bond motifs is 1. The molecule has 0 aliphatic carbocycles. The molecule has 21 heavy (non-hydrogen) atoms. The van der Waals surface area contributed by atoms with Gasteiger partial charge in [-0.3, -0.25) is 0 Å². The third-order valence-electron chi connectivity index (χ3n) is 3.73. The van der Waals surface area contributed by atoms with Crippen molar-refractivity contribution in [2.24, 2.45) is 0 Å². The van der Waals surface area contributed by atoms with Crippen molar-refractivity contribution in [3.05, 3.63) is 18.2 Å². The molecule has 6 heteroatoms. The highest BCUT2D eigenvalue weighted by Crippen LogP contribution is 2.32. The summed E-state index contributed by atoms with van der Waals surface area (Å²) in [5.74, 6) is 1.42. The van der Waals surface area contributed by atoms with Gasteiger partial charge in [0.15, 0.2) is 11.5 Å². The Kier molecular flexibility index (Phi) is 4.15. The van der Waals surface area contributed by atoms with Gasteiger partial charge in [0.05, 0.1) is 13.2 Å². The van der Waals surface area contributed by atoms with E-state index in [2.05, 4.69) is 22.6 Å². The summed E-state index contributed by atoms with van der Waals surface area (Å²) in [6, 6.07) is 5.51. The summed E-state index contributed by atoms with van der Waals surface area (Å²) in [7, 11) is 2.06. The standard InChI is InChI=1S/C15H21N3O3/c1-18-6-5-12(10-18)17-15(19)16-11-3-4-13-14(9-11)21-8-2-7-20-13/h3-4,9,12H,2,5-8,10H2,1H3,(H2,16,17,19)/t12-/m1/s1. The Labute approximate surface area is 124 Å². The van der Waals surface area contributed by atoms with Crippen LogP contribution in [0.4, 0.5) is 10.5 Å². The van der Waals surface area contributed by atoms with Gasteiger partial charge in [0, 0.05) is 30.8 Å². The quantitative estimate of drug-likeness (QED) is 0.870. The van der Waals surface area contributed by atoms with Gasteiger partial charge in [-0.2, -0.15) is 0 Å².